The van der Waals surface area contributed by atoms with Crippen LogP contribution in [0.25, 0.3) is 5.57 Å². The highest BCUT2D eigenvalue weighted by molar-refractivity contribution is 6.06. The van der Waals surface area contributed by atoms with Crippen molar-refractivity contribution in [3.63, 3.8) is 0 Å². The molecule has 0 saturated carbocycles. The molecule has 3 atom stereocenters. The number of carbonyl (C=O) groups is 4. The second kappa shape index (κ2) is 9.54. The van der Waals surface area contributed by atoms with Crippen LogP contribution in [0.3, 0.4) is 0 Å². The van der Waals surface area contributed by atoms with E-state index in [1.165, 1.54) is 18.1 Å². The molecule has 2 amide bonds. The Morgan fingerprint density at radius 3 is 2.59 bits per heavy atom. The number of methoxy groups -OCH3 is 1. The van der Waals surface area contributed by atoms with E-state index in [1.807, 2.05) is 0 Å². The highest BCUT2D eigenvalue weighted by Gasteiger charge is 2.58. The van der Waals surface area contributed by atoms with Crippen molar-refractivity contribution >= 4 is 29.7 Å². The highest BCUT2D eigenvalue weighted by atomic mass is 16.7. The molecule has 0 bridgehead atoms. The number of fused-ring (bicyclic) bond motifs is 1. The summed E-state index contributed by atoms with van der Waals surface area (Å²) in [7, 11) is 1.27. The van der Waals surface area contributed by atoms with Gasteiger partial charge in [-0.25, -0.2) is 14.4 Å². The van der Waals surface area contributed by atoms with Crippen LogP contribution in [0.5, 0.6) is 0 Å². The summed E-state index contributed by atoms with van der Waals surface area (Å²) in [6.45, 7) is 5.26. The summed E-state index contributed by atoms with van der Waals surface area (Å²) in [5.74, 6) is -2.28. The summed E-state index contributed by atoms with van der Waals surface area (Å²) >= 11 is 0. The van der Waals surface area contributed by atoms with Gasteiger partial charge in [0.25, 0.3) is 0 Å². The molecular formula is C22H24N2O8. The summed E-state index contributed by atoms with van der Waals surface area (Å²) < 4.78 is 14.5. The van der Waals surface area contributed by atoms with Crippen molar-refractivity contribution in [3.8, 4) is 0 Å². The van der Waals surface area contributed by atoms with Gasteiger partial charge in [0.05, 0.1) is 19.1 Å². The molecule has 32 heavy (non-hydrogen) atoms. The van der Waals surface area contributed by atoms with Gasteiger partial charge >= 0.3 is 18.2 Å². The monoisotopic (exact) mass is 444 g/mol. The van der Waals surface area contributed by atoms with Crippen molar-refractivity contribution in [2.75, 3.05) is 13.7 Å². The Hall–Kier alpha value is -3.82. The average molecular weight is 444 g/mol. The summed E-state index contributed by atoms with van der Waals surface area (Å²) in [6, 6.07) is 6.57. The van der Waals surface area contributed by atoms with Crippen molar-refractivity contribution in [1.82, 2.24) is 10.2 Å². The van der Waals surface area contributed by atoms with E-state index in [2.05, 4.69) is 16.6 Å². The molecule has 2 heterocycles. The molecule has 1 saturated heterocycles. The Labute approximate surface area is 184 Å². The van der Waals surface area contributed by atoms with Gasteiger partial charge < -0.3 is 29.5 Å². The summed E-state index contributed by atoms with van der Waals surface area (Å²) in [5.41, 5.74) is 1.90. The number of hydrogen-bond acceptors (Lipinski definition) is 7. The van der Waals surface area contributed by atoms with E-state index in [4.69, 9.17) is 9.47 Å². The fourth-order valence-electron chi connectivity index (χ4n) is 3.97. The van der Waals surface area contributed by atoms with Crippen LogP contribution in [0.1, 0.15) is 24.5 Å². The molecule has 0 unspecified atom stereocenters. The average Bonchev–Trinajstić information content (AvgIpc) is 3.11. The Kier molecular flexibility index (Phi) is 6.82. The smallest absolute Gasteiger partial charge is 0.477 e. The minimum atomic E-state index is -1.20. The van der Waals surface area contributed by atoms with Gasteiger partial charge in [-0.1, -0.05) is 36.9 Å². The van der Waals surface area contributed by atoms with Crippen LogP contribution in [0.4, 0.5) is 9.59 Å². The summed E-state index contributed by atoms with van der Waals surface area (Å²) in [6.07, 6.45) is -0.538. The predicted molar refractivity (Wildman–Crippen MR) is 111 cm³/mol. The molecule has 1 fully saturated rings. The number of β-lactam (4-membered cyclic amide) rings is 1. The fraction of sp³-hybridized carbons (Fsp3) is 0.364. The van der Waals surface area contributed by atoms with Crippen molar-refractivity contribution < 1.29 is 38.5 Å². The Morgan fingerprint density at radius 1 is 1.31 bits per heavy atom. The number of nitrogens with zero attached hydrogens (tertiary/aromatic N) is 1. The van der Waals surface area contributed by atoms with Crippen LogP contribution >= 0.6 is 0 Å². The molecule has 10 heteroatoms. The number of hydrogen-bond donors (Lipinski definition) is 2. The second-order valence-corrected chi connectivity index (χ2v) is 7.35. The van der Waals surface area contributed by atoms with Crippen LogP contribution in [-0.4, -0.2) is 60.0 Å². The van der Waals surface area contributed by atoms with Gasteiger partial charge in [0.2, 0.25) is 5.91 Å². The van der Waals surface area contributed by atoms with Crippen molar-refractivity contribution in [2.45, 2.75) is 32.0 Å². The highest BCUT2D eigenvalue weighted by Crippen LogP contribution is 2.47. The van der Waals surface area contributed by atoms with Crippen LogP contribution in [0.15, 0.2) is 42.6 Å². The standard InChI is InChI=1S/C22H24N2O8/c1-4-9-31-22(29)32-12(2)17-16-10-15(18(20(26)27)24(16)19(17)25)14-7-5-13(6-8-14)11-23-21(28)30-3/h4-8,12,16-17H,1,9-11H2,2-3H3,(H,23,28)(H,26,27)/t12-,16-,17-/m1/s1. The third-order valence-electron chi connectivity index (χ3n) is 5.44. The molecule has 0 radical (unpaired) electrons. The number of ether oxygens (including phenoxy) is 3. The van der Waals surface area contributed by atoms with Gasteiger partial charge in [-0.3, -0.25) is 4.79 Å². The number of nitrogens with one attached hydrogen (secondary N) is 1. The lowest BCUT2D eigenvalue weighted by molar-refractivity contribution is -0.162. The first-order valence-corrected chi connectivity index (χ1v) is 9.93. The first-order chi connectivity index (χ1) is 15.3. The molecule has 0 spiro atoms. The molecule has 10 nitrogen and oxygen atoms in total. The number of aliphatic carboxylic acids is 1. The minimum Gasteiger partial charge on any atom is -0.477 e. The van der Waals surface area contributed by atoms with Crippen molar-refractivity contribution in [3.05, 3.63) is 53.7 Å². The summed E-state index contributed by atoms with van der Waals surface area (Å²) in [4.78, 5) is 48.8. The number of carbonyl (C=O) groups excluding carboxylic acids is 3. The molecule has 3 rings (SSSR count). The zero-order chi connectivity index (χ0) is 23.4. The lowest BCUT2D eigenvalue weighted by atomic mass is 9.82. The lowest BCUT2D eigenvalue weighted by Gasteiger charge is -2.45. The van der Waals surface area contributed by atoms with Crippen LogP contribution < -0.4 is 5.32 Å². The van der Waals surface area contributed by atoms with Crippen molar-refractivity contribution in [2.24, 2.45) is 5.92 Å². The van der Waals surface area contributed by atoms with E-state index in [-0.39, 0.29) is 18.8 Å². The van der Waals surface area contributed by atoms with Crippen LogP contribution in [0.2, 0.25) is 0 Å². The molecule has 2 aliphatic rings. The zero-order valence-corrected chi connectivity index (χ0v) is 17.7. The molecule has 2 N–H and O–H groups in total. The van der Waals surface area contributed by atoms with E-state index in [0.717, 1.165) is 5.56 Å². The quantitative estimate of drug-likeness (QED) is 0.355. The van der Waals surface area contributed by atoms with Crippen LogP contribution in [-0.2, 0) is 30.3 Å². The SMILES string of the molecule is C=CCOC(=O)O[C@H](C)[C@H]1C(=O)N2C(C(=O)O)=C(c3ccc(CNC(=O)OC)cc3)C[C@H]12. The third-order valence-corrected chi connectivity index (χ3v) is 5.44. The maximum absolute atomic E-state index is 12.7. The molecule has 1 aromatic rings. The van der Waals surface area contributed by atoms with E-state index in [9.17, 15) is 24.3 Å². The first-order valence-electron chi connectivity index (χ1n) is 9.93. The molecular weight excluding hydrogens is 420 g/mol. The van der Waals surface area contributed by atoms with Gasteiger partial charge in [-0.2, -0.15) is 0 Å². The lowest BCUT2D eigenvalue weighted by Crippen LogP contribution is -2.62. The molecule has 0 aromatic heterocycles. The van der Waals surface area contributed by atoms with Gasteiger partial charge in [0.15, 0.2) is 0 Å². The Balaban J connectivity index is 1.74. The number of carboxylic acid groups (broad SMARTS) is 1. The van der Waals surface area contributed by atoms with Crippen LogP contribution in [0, 0.1) is 5.92 Å². The zero-order valence-electron chi connectivity index (χ0n) is 17.7. The maximum atomic E-state index is 12.7. The van der Waals surface area contributed by atoms with E-state index in [0.29, 0.717) is 17.6 Å². The number of alkyl carbamates (subject to hydrolysis) is 1. The van der Waals surface area contributed by atoms with Gasteiger partial charge in [-0.15, -0.1) is 0 Å². The van der Waals surface area contributed by atoms with E-state index < -0.39 is 42.2 Å². The molecule has 1 aromatic carbocycles. The maximum Gasteiger partial charge on any atom is 0.508 e. The Bertz CT molecular complexity index is 969. The normalized spacial score (nSPS) is 20.1. The minimum absolute atomic E-state index is 0.0142. The number of amides is 2. The number of benzene rings is 1. The van der Waals surface area contributed by atoms with Gasteiger partial charge in [-0.05, 0) is 30.0 Å². The molecule has 170 valence electrons. The topological polar surface area (TPSA) is 131 Å². The first kappa shape index (κ1) is 22.9. The molecule has 0 aliphatic carbocycles. The largest absolute Gasteiger partial charge is 0.508 e. The summed E-state index contributed by atoms with van der Waals surface area (Å²) in [5, 5.41) is 12.3. The van der Waals surface area contributed by atoms with E-state index in [1.54, 1.807) is 31.2 Å². The fourth-order valence-corrected chi connectivity index (χ4v) is 3.97. The second-order valence-electron chi connectivity index (χ2n) is 7.35. The third kappa shape index (κ3) is 4.43. The van der Waals surface area contributed by atoms with Gasteiger partial charge in [0.1, 0.15) is 18.4 Å². The number of carboxylic acids is 1. The predicted octanol–water partition coefficient (Wildman–Crippen LogP) is 2.30. The van der Waals surface area contributed by atoms with Crippen molar-refractivity contribution in [1.29, 1.82) is 0 Å². The number of rotatable bonds is 8. The molecule has 2 aliphatic heterocycles. The van der Waals surface area contributed by atoms with E-state index >= 15 is 0 Å². The van der Waals surface area contributed by atoms with Gasteiger partial charge in [0, 0.05) is 6.54 Å². The Morgan fingerprint density at radius 2 is 2.00 bits per heavy atom.